The van der Waals surface area contributed by atoms with Crippen LogP contribution in [0.25, 0.3) is 0 Å². The van der Waals surface area contributed by atoms with Crippen LogP contribution in [0.15, 0.2) is 0 Å². The minimum atomic E-state index is 0.361. The molecule has 0 unspecified atom stereocenters. The number of rotatable bonds is 21. The monoisotopic (exact) mass is 354 g/mol. The first-order valence-corrected chi connectivity index (χ1v) is 11.9. The van der Waals surface area contributed by atoms with Gasteiger partial charge in [0.25, 0.3) is 0 Å². The van der Waals surface area contributed by atoms with Crippen LogP contribution in [-0.4, -0.2) is 11.7 Å². The molecule has 0 aliphatic rings. The van der Waals surface area contributed by atoms with Crippen molar-refractivity contribution in [3.63, 3.8) is 0 Å². The summed E-state index contributed by atoms with van der Waals surface area (Å²) < 4.78 is 0. The fraction of sp³-hybridized carbons (Fsp3) is 1.00. The third kappa shape index (κ3) is 21.9. The fourth-order valence-electron chi connectivity index (χ4n) is 3.76. The molecule has 0 radical (unpaired) electrons. The zero-order chi connectivity index (χ0) is 18.4. The Balaban J connectivity index is 3.00. The highest BCUT2D eigenvalue weighted by molar-refractivity contribution is 4.54. The summed E-state index contributed by atoms with van der Waals surface area (Å²) in [5, 5.41) is 8.89. The van der Waals surface area contributed by atoms with Gasteiger partial charge in [0.15, 0.2) is 0 Å². The SMILES string of the molecule is CCCCCCCCCCCCCCCCCCCC[C@@H](C)CCO. The molecule has 25 heavy (non-hydrogen) atoms. The third-order valence-electron chi connectivity index (χ3n) is 5.67. The first-order chi connectivity index (χ1) is 12.3. The van der Waals surface area contributed by atoms with Gasteiger partial charge in [-0.2, -0.15) is 0 Å². The molecule has 0 aliphatic heterocycles. The summed E-state index contributed by atoms with van der Waals surface area (Å²) in [6, 6.07) is 0. The smallest absolute Gasteiger partial charge is 0.0433 e. The second-order valence-electron chi connectivity index (χ2n) is 8.42. The third-order valence-corrected chi connectivity index (χ3v) is 5.67. The number of aliphatic hydroxyl groups is 1. The highest BCUT2D eigenvalue weighted by Crippen LogP contribution is 2.16. The molecule has 1 atom stereocenters. The predicted molar refractivity (Wildman–Crippen MR) is 114 cm³/mol. The van der Waals surface area contributed by atoms with Gasteiger partial charge >= 0.3 is 0 Å². The molecule has 0 aliphatic carbocycles. The second-order valence-corrected chi connectivity index (χ2v) is 8.42. The maximum atomic E-state index is 8.89. The van der Waals surface area contributed by atoms with Crippen molar-refractivity contribution in [2.24, 2.45) is 5.92 Å². The van der Waals surface area contributed by atoms with E-state index >= 15 is 0 Å². The predicted octanol–water partition coefficient (Wildman–Crippen LogP) is 8.44. The van der Waals surface area contributed by atoms with Crippen LogP contribution in [0.3, 0.4) is 0 Å². The van der Waals surface area contributed by atoms with E-state index in [9.17, 15) is 0 Å². The Hall–Kier alpha value is -0.0400. The van der Waals surface area contributed by atoms with E-state index in [1.807, 2.05) is 0 Å². The van der Waals surface area contributed by atoms with Crippen LogP contribution in [0.1, 0.15) is 142 Å². The summed E-state index contributed by atoms with van der Waals surface area (Å²) in [5.74, 6) is 0.714. The van der Waals surface area contributed by atoms with Gasteiger partial charge in [-0.15, -0.1) is 0 Å². The van der Waals surface area contributed by atoms with Gasteiger partial charge in [0.05, 0.1) is 0 Å². The van der Waals surface area contributed by atoms with E-state index in [1.54, 1.807) is 0 Å². The van der Waals surface area contributed by atoms with Crippen molar-refractivity contribution in [1.29, 1.82) is 0 Å². The maximum Gasteiger partial charge on any atom is 0.0433 e. The van der Waals surface area contributed by atoms with Crippen molar-refractivity contribution < 1.29 is 5.11 Å². The summed E-state index contributed by atoms with van der Waals surface area (Å²) in [4.78, 5) is 0. The minimum absolute atomic E-state index is 0.361. The molecule has 0 heterocycles. The van der Waals surface area contributed by atoms with Gasteiger partial charge in [-0.05, 0) is 12.3 Å². The molecule has 1 N–H and O–H groups in total. The van der Waals surface area contributed by atoms with Crippen LogP contribution >= 0.6 is 0 Å². The molecular formula is C24H50O. The van der Waals surface area contributed by atoms with Crippen molar-refractivity contribution in [3.8, 4) is 0 Å². The van der Waals surface area contributed by atoms with E-state index in [0.717, 1.165) is 6.42 Å². The number of hydrogen-bond acceptors (Lipinski definition) is 1. The van der Waals surface area contributed by atoms with E-state index in [2.05, 4.69) is 13.8 Å². The van der Waals surface area contributed by atoms with Crippen molar-refractivity contribution >= 4 is 0 Å². The van der Waals surface area contributed by atoms with E-state index in [1.165, 1.54) is 122 Å². The van der Waals surface area contributed by atoms with Gasteiger partial charge < -0.3 is 5.11 Å². The summed E-state index contributed by atoms with van der Waals surface area (Å²) >= 11 is 0. The molecule has 0 saturated heterocycles. The average Bonchev–Trinajstić information content (AvgIpc) is 2.61. The second kappa shape index (κ2) is 22.0. The number of unbranched alkanes of at least 4 members (excludes halogenated alkanes) is 17. The van der Waals surface area contributed by atoms with Crippen LogP contribution < -0.4 is 0 Å². The molecule has 0 bridgehead atoms. The topological polar surface area (TPSA) is 20.2 Å². The number of aliphatic hydroxyl groups excluding tert-OH is 1. The van der Waals surface area contributed by atoms with E-state index < -0.39 is 0 Å². The molecule has 0 fully saturated rings. The fourth-order valence-corrected chi connectivity index (χ4v) is 3.76. The molecule has 1 nitrogen and oxygen atoms in total. The molecule has 0 spiro atoms. The lowest BCUT2D eigenvalue weighted by Gasteiger charge is -2.08. The number of hydrogen-bond donors (Lipinski definition) is 1. The Morgan fingerprint density at radius 2 is 0.800 bits per heavy atom. The van der Waals surface area contributed by atoms with Crippen LogP contribution in [0.5, 0.6) is 0 Å². The van der Waals surface area contributed by atoms with Crippen molar-refractivity contribution in [3.05, 3.63) is 0 Å². The minimum Gasteiger partial charge on any atom is -0.396 e. The Labute approximate surface area is 160 Å². The van der Waals surface area contributed by atoms with Crippen LogP contribution in [-0.2, 0) is 0 Å². The zero-order valence-electron chi connectivity index (χ0n) is 17.9. The lowest BCUT2D eigenvalue weighted by molar-refractivity contribution is 0.256. The molecule has 1 heteroatoms. The standard InChI is InChI=1S/C24H50O/c1-3-4-5-6-7-8-9-10-11-12-13-14-15-16-17-18-19-20-21-24(2)22-23-25/h24-25H,3-23H2,1-2H3/t24-/m1/s1. The maximum absolute atomic E-state index is 8.89. The largest absolute Gasteiger partial charge is 0.396 e. The van der Waals surface area contributed by atoms with E-state index in [4.69, 9.17) is 5.11 Å². The average molecular weight is 355 g/mol. The van der Waals surface area contributed by atoms with E-state index in [0.29, 0.717) is 12.5 Å². The molecule has 0 rings (SSSR count). The molecule has 0 saturated carbocycles. The Morgan fingerprint density at radius 1 is 0.480 bits per heavy atom. The normalized spacial score (nSPS) is 12.6. The molecule has 0 aromatic carbocycles. The van der Waals surface area contributed by atoms with Gasteiger partial charge in [0.1, 0.15) is 0 Å². The van der Waals surface area contributed by atoms with Crippen molar-refractivity contribution in [2.75, 3.05) is 6.61 Å². The summed E-state index contributed by atoms with van der Waals surface area (Å²) in [5.41, 5.74) is 0. The molecule has 152 valence electrons. The van der Waals surface area contributed by atoms with Crippen molar-refractivity contribution in [1.82, 2.24) is 0 Å². The Bertz CT molecular complexity index is 226. The lowest BCUT2D eigenvalue weighted by Crippen LogP contribution is -1.97. The Morgan fingerprint density at radius 3 is 1.12 bits per heavy atom. The zero-order valence-corrected chi connectivity index (χ0v) is 17.9. The molecule has 0 aromatic rings. The van der Waals surface area contributed by atoms with Gasteiger partial charge in [0.2, 0.25) is 0 Å². The van der Waals surface area contributed by atoms with Crippen molar-refractivity contribution in [2.45, 2.75) is 142 Å². The van der Waals surface area contributed by atoms with Gasteiger partial charge in [-0.3, -0.25) is 0 Å². The summed E-state index contributed by atoms with van der Waals surface area (Å²) in [7, 11) is 0. The van der Waals surface area contributed by atoms with Crippen LogP contribution in [0.2, 0.25) is 0 Å². The van der Waals surface area contributed by atoms with Crippen LogP contribution in [0, 0.1) is 5.92 Å². The van der Waals surface area contributed by atoms with Gasteiger partial charge in [-0.1, -0.05) is 136 Å². The van der Waals surface area contributed by atoms with E-state index in [-0.39, 0.29) is 0 Å². The lowest BCUT2D eigenvalue weighted by atomic mass is 9.99. The highest BCUT2D eigenvalue weighted by atomic mass is 16.3. The highest BCUT2D eigenvalue weighted by Gasteiger charge is 2.00. The first-order valence-electron chi connectivity index (χ1n) is 11.9. The summed E-state index contributed by atoms with van der Waals surface area (Å²) in [6.45, 7) is 4.92. The molecular weight excluding hydrogens is 304 g/mol. The Kier molecular flexibility index (Phi) is 22.0. The van der Waals surface area contributed by atoms with Crippen LogP contribution in [0.4, 0.5) is 0 Å². The quantitative estimate of drug-likeness (QED) is 0.205. The first kappa shape index (κ1) is 25.0. The molecule has 0 aromatic heterocycles. The van der Waals surface area contributed by atoms with Gasteiger partial charge in [-0.25, -0.2) is 0 Å². The summed E-state index contributed by atoms with van der Waals surface area (Å²) in [6.07, 6.45) is 28.3. The van der Waals surface area contributed by atoms with Gasteiger partial charge in [0, 0.05) is 6.61 Å². The molecule has 0 amide bonds.